The van der Waals surface area contributed by atoms with Crippen LogP contribution in [0.1, 0.15) is 41.6 Å². The van der Waals surface area contributed by atoms with Crippen molar-refractivity contribution in [2.24, 2.45) is 5.92 Å². The number of aliphatic hydroxyl groups excluding tert-OH is 5. The Morgan fingerprint density at radius 3 is 2.56 bits per heavy atom. The van der Waals surface area contributed by atoms with E-state index in [1.807, 2.05) is 36.4 Å². The van der Waals surface area contributed by atoms with E-state index < -0.39 is 54.0 Å². The average Bonchev–Trinajstić information content (AvgIpc) is 3.68. The minimum atomic E-state index is -1.88. The second-order valence-corrected chi connectivity index (χ2v) is 13.9. The van der Waals surface area contributed by atoms with Gasteiger partial charge in [-0.05, 0) is 47.9 Å². The molecule has 7 N–H and O–H groups in total. The van der Waals surface area contributed by atoms with Gasteiger partial charge in [-0.25, -0.2) is 0 Å². The van der Waals surface area contributed by atoms with Crippen LogP contribution >= 0.6 is 15.9 Å². The maximum Gasteiger partial charge on any atom is 0.264 e. The summed E-state index contributed by atoms with van der Waals surface area (Å²) >= 11 is 3.47. The molecule has 0 aliphatic carbocycles. The molecule has 2 aliphatic heterocycles. The Bertz CT molecular complexity index is 1930. The number of ether oxygens (including phenoxy) is 1. The number of aryl methyl sites for hydroxylation is 1. The molecule has 0 bridgehead atoms. The molecule has 0 saturated carbocycles. The number of nitrogens with zero attached hydrogens (tertiary/aromatic N) is 4. The molecule has 52 heavy (non-hydrogen) atoms. The van der Waals surface area contributed by atoms with Gasteiger partial charge < -0.3 is 45.6 Å². The van der Waals surface area contributed by atoms with Gasteiger partial charge in [0, 0.05) is 34.4 Å². The van der Waals surface area contributed by atoms with Crippen LogP contribution in [-0.2, 0) is 33.0 Å². The lowest BCUT2D eigenvalue weighted by Crippen LogP contribution is -2.60. The number of aliphatic hydroxyl groups is 6. The van der Waals surface area contributed by atoms with Crippen LogP contribution in [0, 0.1) is 5.92 Å². The van der Waals surface area contributed by atoms with Crippen molar-refractivity contribution in [1.29, 1.82) is 0 Å². The van der Waals surface area contributed by atoms with Crippen LogP contribution in [0.2, 0.25) is 0 Å². The SMILES string of the molecule is C[C@H](/C=C/CCn1cc(C(CO)c2ccccc2)nn1)[C@@]1(O)C(=O)N(Cc2cccc(NC(=O)[C@H]3O[C@@H](O)[C@H](O)[C@@H](O)[C@@H]3O)c2)c2ccc(Br)cc21. The second-order valence-electron chi connectivity index (χ2n) is 13.0. The highest BCUT2D eigenvalue weighted by atomic mass is 79.9. The topological polar surface area (TPSA) is 211 Å². The van der Waals surface area contributed by atoms with Crippen LogP contribution in [0.5, 0.6) is 0 Å². The van der Waals surface area contributed by atoms with Crippen LogP contribution in [0.3, 0.4) is 0 Å². The number of halogens is 1. The fourth-order valence-corrected chi connectivity index (χ4v) is 6.94. The first-order chi connectivity index (χ1) is 24.9. The van der Waals surface area contributed by atoms with Crippen molar-refractivity contribution >= 4 is 39.1 Å². The molecule has 3 heterocycles. The van der Waals surface area contributed by atoms with Crippen LogP contribution in [0.15, 0.2) is 95.6 Å². The van der Waals surface area contributed by atoms with Crippen LogP contribution in [0.4, 0.5) is 11.4 Å². The molecule has 1 fully saturated rings. The van der Waals surface area contributed by atoms with Gasteiger partial charge in [0.25, 0.3) is 11.8 Å². The number of hydrogen-bond donors (Lipinski definition) is 7. The van der Waals surface area contributed by atoms with Gasteiger partial charge in [0.05, 0.1) is 30.5 Å². The van der Waals surface area contributed by atoms with Crippen molar-refractivity contribution in [2.75, 3.05) is 16.8 Å². The largest absolute Gasteiger partial charge is 0.395 e. The lowest BCUT2D eigenvalue weighted by Gasteiger charge is -2.37. The fraction of sp³-hybridized carbons (Fsp3) is 0.351. The number of rotatable bonds is 12. The molecule has 2 amide bonds. The summed E-state index contributed by atoms with van der Waals surface area (Å²) < 4.78 is 7.41. The first-order valence-electron chi connectivity index (χ1n) is 16.8. The van der Waals surface area contributed by atoms with Crippen molar-refractivity contribution in [1.82, 2.24) is 15.0 Å². The van der Waals surface area contributed by atoms with Crippen molar-refractivity contribution in [2.45, 2.75) is 68.7 Å². The summed E-state index contributed by atoms with van der Waals surface area (Å²) in [5.74, 6) is -2.30. The van der Waals surface area contributed by atoms with E-state index in [1.54, 1.807) is 66.3 Å². The van der Waals surface area contributed by atoms with Crippen molar-refractivity contribution in [3.05, 3.63) is 118 Å². The highest BCUT2D eigenvalue weighted by Gasteiger charge is 2.52. The predicted octanol–water partition coefficient (Wildman–Crippen LogP) is 1.92. The molecule has 1 saturated heterocycles. The predicted molar refractivity (Wildman–Crippen MR) is 192 cm³/mol. The van der Waals surface area contributed by atoms with Gasteiger partial charge in [0.2, 0.25) is 0 Å². The van der Waals surface area contributed by atoms with E-state index in [1.165, 1.54) is 4.90 Å². The number of carbonyl (C=O) groups is 2. The van der Waals surface area contributed by atoms with Gasteiger partial charge in [-0.15, -0.1) is 5.10 Å². The molecule has 1 aromatic heterocycles. The van der Waals surface area contributed by atoms with Crippen LogP contribution in [0.25, 0.3) is 0 Å². The normalized spacial score (nSPS) is 25.7. The Hall–Kier alpha value is -4.32. The standard InChI is InChI=1S/C37H40BrN5O9/c1-21(8-5-6-15-42-19-28(40-41-42)26(20-44)23-10-3-2-4-11-23)37(51)27-17-24(38)13-14-29(27)43(36(37)50)18-22-9-7-12-25(16-22)39-34(48)33-31(46)30(45)32(47)35(49)52-33/h2-5,7-14,16-17,19,21,26,30-33,35,44-47,49,51H,6,15,18,20H2,1H3,(H,39,48)/b8-5+/t21-,26?,30+,31+,32-,33+,35-,37+/m1/s1. The highest BCUT2D eigenvalue weighted by Crippen LogP contribution is 2.47. The number of amides is 2. The Kier molecular flexibility index (Phi) is 11.3. The third-order valence-electron chi connectivity index (χ3n) is 9.52. The number of hydrogen-bond acceptors (Lipinski definition) is 11. The smallest absolute Gasteiger partial charge is 0.264 e. The van der Waals surface area contributed by atoms with E-state index in [9.17, 15) is 40.2 Å². The Balaban J connectivity index is 1.13. The summed E-state index contributed by atoms with van der Waals surface area (Å²) in [6, 6.07) is 21.4. The third-order valence-corrected chi connectivity index (χ3v) is 10.0. The lowest BCUT2D eigenvalue weighted by atomic mass is 9.83. The zero-order valence-electron chi connectivity index (χ0n) is 28.1. The molecule has 4 aromatic rings. The van der Waals surface area contributed by atoms with E-state index in [2.05, 4.69) is 31.6 Å². The molecule has 0 spiro atoms. The number of anilines is 2. The minimum Gasteiger partial charge on any atom is -0.395 e. The highest BCUT2D eigenvalue weighted by molar-refractivity contribution is 9.10. The summed E-state index contributed by atoms with van der Waals surface area (Å²) in [7, 11) is 0. The van der Waals surface area contributed by atoms with Gasteiger partial charge >= 0.3 is 0 Å². The van der Waals surface area contributed by atoms with Crippen molar-refractivity contribution in [3.63, 3.8) is 0 Å². The zero-order chi connectivity index (χ0) is 37.2. The van der Waals surface area contributed by atoms with E-state index in [0.717, 1.165) is 5.56 Å². The monoisotopic (exact) mass is 777 g/mol. The zero-order valence-corrected chi connectivity index (χ0v) is 29.7. The quantitative estimate of drug-likeness (QED) is 0.103. The minimum absolute atomic E-state index is 0.0501. The second kappa shape index (κ2) is 15.7. The maximum absolute atomic E-state index is 14.1. The number of nitrogens with one attached hydrogen (secondary N) is 1. The lowest BCUT2D eigenvalue weighted by molar-refractivity contribution is -0.274. The van der Waals surface area contributed by atoms with Crippen molar-refractivity contribution < 1.29 is 45.0 Å². The summed E-state index contributed by atoms with van der Waals surface area (Å²) in [6.45, 7) is 2.21. The van der Waals surface area contributed by atoms with E-state index in [-0.39, 0.29) is 24.8 Å². The molecule has 274 valence electrons. The Morgan fingerprint density at radius 2 is 1.81 bits per heavy atom. The van der Waals surface area contributed by atoms with Gasteiger partial charge in [-0.3, -0.25) is 14.3 Å². The first kappa shape index (κ1) is 37.4. The molecule has 6 rings (SSSR count). The van der Waals surface area contributed by atoms with E-state index in [4.69, 9.17) is 4.74 Å². The molecule has 14 nitrogen and oxygen atoms in total. The average molecular weight is 779 g/mol. The first-order valence-corrected chi connectivity index (χ1v) is 17.6. The van der Waals surface area contributed by atoms with Crippen LogP contribution < -0.4 is 10.2 Å². The number of carbonyl (C=O) groups excluding carboxylic acids is 2. The number of aromatic nitrogens is 3. The Morgan fingerprint density at radius 1 is 1.04 bits per heavy atom. The van der Waals surface area contributed by atoms with Crippen LogP contribution in [-0.4, -0.2) is 94.8 Å². The van der Waals surface area contributed by atoms with Gasteiger partial charge in [-0.1, -0.05) is 82.7 Å². The number of allylic oxidation sites excluding steroid dienone is 1. The molecule has 8 atom stereocenters. The third kappa shape index (κ3) is 7.44. The van der Waals surface area contributed by atoms with Gasteiger partial charge in [-0.2, -0.15) is 0 Å². The van der Waals surface area contributed by atoms with E-state index >= 15 is 0 Å². The molecule has 1 unspecified atom stereocenters. The molecule has 2 aliphatic rings. The van der Waals surface area contributed by atoms with Gasteiger partial charge in [0.1, 0.15) is 18.3 Å². The number of benzene rings is 3. The summed E-state index contributed by atoms with van der Waals surface area (Å²) in [5.41, 5.74) is 1.57. The maximum atomic E-state index is 14.1. The van der Waals surface area contributed by atoms with E-state index in [0.29, 0.717) is 39.9 Å². The molecular formula is C37H40BrN5O9. The summed E-state index contributed by atoms with van der Waals surface area (Å²) in [5, 5.41) is 72.9. The summed E-state index contributed by atoms with van der Waals surface area (Å²) in [6.07, 6.45) is -2.85. The molecular weight excluding hydrogens is 738 g/mol. The fourth-order valence-electron chi connectivity index (χ4n) is 6.58. The summed E-state index contributed by atoms with van der Waals surface area (Å²) in [4.78, 5) is 28.5. The Labute approximate surface area is 307 Å². The molecule has 0 radical (unpaired) electrons. The number of fused-ring (bicyclic) bond motifs is 1. The van der Waals surface area contributed by atoms with Gasteiger partial charge in [0.15, 0.2) is 18.0 Å². The van der Waals surface area contributed by atoms with Crippen molar-refractivity contribution in [3.8, 4) is 0 Å². The molecule has 3 aromatic carbocycles. The molecule has 15 heteroatoms.